The number of hydrogen-bond donors (Lipinski definition) is 1. The van der Waals surface area contributed by atoms with E-state index in [9.17, 15) is 0 Å². The molecule has 5 nitrogen and oxygen atoms in total. The summed E-state index contributed by atoms with van der Waals surface area (Å²) in [6, 6.07) is 10.5. The van der Waals surface area contributed by atoms with E-state index in [2.05, 4.69) is 39.1 Å². The van der Waals surface area contributed by atoms with Crippen LogP contribution >= 0.6 is 0 Å². The van der Waals surface area contributed by atoms with Crippen molar-refractivity contribution >= 4 is 5.95 Å². The quantitative estimate of drug-likeness (QED) is 0.932. The van der Waals surface area contributed by atoms with E-state index < -0.39 is 0 Å². The van der Waals surface area contributed by atoms with Crippen LogP contribution in [-0.4, -0.2) is 41.1 Å². The molecule has 0 amide bonds. The van der Waals surface area contributed by atoms with Gasteiger partial charge < -0.3 is 15.4 Å². The Labute approximate surface area is 149 Å². The first-order valence-electron chi connectivity index (χ1n) is 9.29. The Morgan fingerprint density at radius 2 is 1.96 bits per heavy atom. The molecule has 0 bridgehead atoms. The van der Waals surface area contributed by atoms with Crippen LogP contribution in [0.3, 0.4) is 0 Å². The average Bonchev–Trinajstić information content (AvgIpc) is 2.84. The highest BCUT2D eigenvalue weighted by Crippen LogP contribution is 2.30. The predicted molar refractivity (Wildman–Crippen MR) is 98.6 cm³/mol. The standard InChI is InChI=1S/C20H26N4O/c21-20-22-9-5-18(23-20)16-6-10-24(11-7-16)14-15-8-12-25-19-4-2-1-3-17(19)13-15/h1-5,9,15-16H,6-8,10-14H2,(H2,21,22,23). The zero-order valence-corrected chi connectivity index (χ0v) is 14.6. The summed E-state index contributed by atoms with van der Waals surface area (Å²) in [5.41, 5.74) is 8.18. The molecule has 1 aromatic carbocycles. The summed E-state index contributed by atoms with van der Waals surface area (Å²) in [4.78, 5) is 11.0. The zero-order chi connectivity index (χ0) is 17.1. The number of aromatic nitrogens is 2. The minimum absolute atomic E-state index is 0.386. The topological polar surface area (TPSA) is 64.3 Å². The second-order valence-corrected chi connectivity index (χ2v) is 7.23. The van der Waals surface area contributed by atoms with Crippen molar-refractivity contribution in [2.24, 2.45) is 5.92 Å². The van der Waals surface area contributed by atoms with Crippen LogP contribution in [0.5, 0.6) is 5.75 Å². The van der Waals surface area contributed by atoms with Crippen molar-refractivity contribution in [1.29, 1.82) is 0 Å². The van der Waals surface area contributed by atoms with Gasteiger partial charge in [0.15, 0.2) is 0 Å². The molecule has 2 aliphatic heterocycles. The number of hydrogen-bond acceptors (Lipinski definition) is 5. The molecule has 1 saturated heterocycles. The SMILES string of the molecule is Nc1nccc(C2CCN(CC3CCOc4ccccc4C3)CC2)n1. The number of fused-ring (bicyclic) bond motifs is 1. The number of rotatable bonds is 3. The van der Waals surface area contributed by atoms with E-state index in [4.69, 9.17) is 10.5 Å². The molecule has 4 rings (SSSR count). The highest BCUT2D eigenvalue weighted by atomic mass is 16.5. The Balaban J connectivity index is 1.33. The second-order valence-electron chi connectivity index (χ2n) is 7.23. The van der Waals surface area contributed by atoms with Crippen molar-refractivity contribution in [3.63, 3.8) is 0 Å². The number of para-hydroxylation sites is 1. The fourth-order valence-corrected chi connectivity index (χ4v) is 4.11. The summed E-state index contributed by atoms with van der Waals surface area (Å²) < 4.78 is 5.91. The van der Waals surface area contributed by atoms with E-state index in [0.717, 1.165) is 63.4 Å². The van der Waals surface area contributed by atoms with E-state index in [1.54, 1.807) is 6.20 Å². The maximum absolute atomic E-state index is 5.91. The summed E-state index contributed by atoms with van der Waals surface area (Å²) in [6.07, 6.45) is 6.33. The molecule has 1 unspecified atom stereocenters. The van der Waals surface area contributed by atoms with Gasteiger partial charge in [-0.1, -0.05) is 18.2 Å². The number of benzene rings is 1. The first kappa shape index (κ1) is 16.3. The zero-order valence-electron chi connectivity index (χ0n) is 14.6. The molecule has 0 aliphatic carbocycles. The Morgan fingerprint density at radius 3 is 2.80 bits per heavy atom. The molecular formula is C20H26N4O. The van der Waals surface area contributed by atoms with Crippen LogP contribution in [0.4, 0.5) is 5.95 Å². The molecule has 132 valence electrons. The van der Waals surface area contributed by atoms with Crippen molar-refractivity contribution in [2.45, 2.75) is 31.6 Å². The highest BCUT2D eigenvalue weighted by molar-refractivity contribution is 5.34. The van der Waals surface area contributed by atoms with E-state index in [-0.39, 0.29) is 0 Å². The van der Waals surface area contributed by atoms with Gasteiger partial charge in [0, 0.05) is 24.4 Å². The second kappa shape index (κ2) is 7.40. The molecule has 0 radical (unpaired) electrons. The van der Waals surface area contributed by atoms with Gasteiger partial charge in [0.05, 0.1) is 6.61 Å². The van der Waals surface area contributed by atoms with Crippen LogP contribution in [0, 0.1) is 5.92 Å². The van der Waals surface area contributed by atoms with Gasteiger partial charge in [-0.15, -0.1) is 0 Å². The molecule has 3 heterocycles. The van der Waals surface area contributed by atoms with Crippen LogP contribution in [0.25, 0.3) is 0 Å². The monoisotopic (exact) mass is 338 g/mol. The van der Waals surface area contributed by atoms with Gasteiger partial charge in [-0.25, -0.2) is 9.97 Å². The molecule has 2 aromatic rings. The molecule has 2 N–H and O–H groups in total. The van der Waals surface area contributed by atoms with Crippen LogP contribution < -0.4 is 10.5 Å². The lowest BCUT2D eigenvalue weighted by Gasteiger charge is -2.33. The molecule has 0 saturated carbocycles. The van der Waals surface area contributed by atoms with Gasteiger partial charge in [0.2, 0.25) is 5.95 Å². The first-order valence-corrected chi connectivity index (χ1v) is 9.29. The molecule has 5 heteroatoms. The van der Waals surface area contributed by atoms with Gasteiger partial charge in [0.25, 0.3) is 0 Å². The van der Waals surface area contributed by atoms with Crippen molar-refractivity contribution < 1.29 is 4.74 Å². The van der Waals surface area contributed by atoms with Crippen LogP contribution in [0.15, 0.2) is 36.5 Å². The van der Waals surface area contributed by atoms with Gasteiger partial charge in [-0.05, 0) is 62.4 Å². The summed E-state index contributed by atoms with van der Waals surface area (Å²) in [6.45, 7) is 4.26. The van der Waals surface area contributed by atoms with Crippen molar-refractivity contribution in [3.8, 4) is 5.75 Å². The van der Waals surface area contributed by atoms with E-state index in [1.165, 1.54) is 5.56 Å². The van der Waals surface area contributed by atoms with Gasteiger partial charge in [0.1, 0.15) is 5.75 Å². The number of nitrogens with two attached hydrogens (primary N) is 1. The lowest BCUT2D eigenvalue weighted by Crippen LogP contribution is -2.37. The van der Waals surface area contributed by atoms with E-state index >= 15 is 0 Å². The van der Waals surface area contributed by atoms with Crippen molar-refractivity contribution in [3.05, 3.63) is 47.8 Å². The number of ether oxygens (including phenoxy) is 1. The Bertz CT molecular complexity index is 712. The average molecular weight is 338 g/mol. The lowest BCUT2D eigenvalue weighted by atomic mass is 9.91. The number of nitrogens with zero attached hydrogens (tertiary/aromatic N) is 3. The number of likely N-dealkylation sites (tertiary alicyclic amines) is 1. The van der Waals surface area contributed by atoms with Gasteiger partial charge in [-0.2, -0.15) is 0 Å². The fraction of sp³-hybridized carbons (Fsp3) is 0.500. The smallest absolute Gasteiger partial charge is 0.220 e. The summed E-state index contributed by atoms with van der Waals surface area (Å²) in [7, 11) is 0. The Kier molecular flexibility index (Phi) is 4.83. The van der Waals surface area contributed by atoms with Crippen LogP contribution in [-0.2, 0) is 6.42 Å². The van der Waals surface area contributed by atoms with E-state index in [1.807, 2.05) is 6.07 Å². The number of nitrogen functional groups attached to an aromatic ring is 1. The Hall–Kier alpha value is -2.14. The van der Waals surface area contributed by atoms with Gasteiger partial charge in [-0.3, -0.25) is 0 Å². The molecule has 0 spiro atoms. The third-order valence-corrected chi connectivity index (χ3v) is 5.48. The molecule has 25 heavy (non-hydrogen) atoms. The Morgan fingerprint density at radius 1 is 1.12 bits per heavy atom. The maximum Gasteiger partial charge on any atom is 0.220 e. The number of piperidine rings is 1. The summed E-state index contributed by atoms with van der Waals surface area (Å²) in [5.74, 6) is 2.65. The lowest BCUT2D eigenvalue weighted by molar-refractivity contribution is 0.171. The normalized spacial score (nSPS) is 22.0. The van der Waals surface area contributed by atoms with Crippen molar-refractivity contribution in [1.82, 2.24) is 14.9 Å². The fourth-order valence-electron chi connectivity index (χ4n) is 4.11. The van der Waals surface area contributed by atoms with Gasteiger partial charge >= 0.3 is 0 Å². The largest absolute Gasteiger partial charge is 0.493 e. The summed E-state index contributed by atoms with van der Waals surface area (Å²) in [5, 5.41) is 0. The van der Waals surface area contributed by atoms with Crippen LogP contribution in [0.1, 0.15) is 36.4 Å². The number of anilines is 1. The van der Waals surface area contributed by atoms with Crippen molar-refractivity contribution in [2.75, 3.05) is 32.0 Å². The minimum Gasteiger partial charge on any atom is -0.493 e. The summed E-state index contributed by atoms with van der Waals surface area (Å²) >= 11 is 0. The molecule has 2 aliphatic rings. The maximum atomic E-state index is 5.91. The third-order valence-electron chi connectivity index (χ3n) is 5.48. The molecule has 1 fully saturated rings. The molecule has 1 atom stereocenters. The third kappa shape index (κ3) is 3.93. The molecule has 1 aromatic heterocycles. The van der Waals surface area contributed by atoms with Crippen LogP contribution in [0.2, 0.25) is 0 Å². The van der Waals surface area contributed by atoms with E-state index in [0.29, 0.717) is 17.8 Å². The highest BCUT2D eigenvalue weighted by Gasteiger charge is 2.25. The predicted octanol–water partition coefficient (Wildman–Crippen LogP) is 2.88. The minimum atomic E-state index is 0.386. The first-order chi connectivity index (χ1) is 12.3. The molecular weight excluding hydrogens is 312 g/mol.